The Morgan fingerprint density at radius 2 is 2.06 bits per heavy atom. The predicted molar refractivity (Wildman–Crippen MR) is 74.7 cm³/mol. The van der Waals surface area contributed by atoms with E-state index in [0.29, 0.717) is 22.7 Å². The number of hydrogen-bond acceptors (Lipinski definition) is 2. The average molecular weight is 271 g/mol. The SMILES string of the molecule is CC(Nc1cc(F)ccc1Cl)C1CCN(C)CC1. The van der Waals surface area contributed by atoms with Crippen LogP contribution >= 0.6 is 11.6 Å². The second-order valence-corrected chi connectivity index (χ2v) is 5.61. The van der Waals surface area contributed by atoms with Crippen LogP contribution in [0.2, 0.25) is 5.02 Å². The normalized spacial score (nSPS) is 19.8. The zero-order valence-electron chi connectivity index (χ0n) is 10.9. The van der Waals surface area contributed by atoms with Crippen molar-refractivity contribution in [3.05, 3.63) is 29.0 Å². The van der Waals surface area contributed by atoms with Gasteiger partial charge in [0, 0.05) is 6.04 Å². The molecule has 0 amide bonds. The first-order chi connectivity index (χ1) is 8.56. The largest absolute Gasteiger partial charge is 0.381 e. The summed E-state index contributed by atoms with van der Waals surface area (Å²) in [4.78, 5) is 2.35. The molecule has 4 heteroatoms. The first kappa shape index (κ1) is 13.6. The molecule has 100 valence electrons. The Balaban J connectivity index is 1.98. The highest BCUT2D eigenvalue weighted by Crippen LogP contribution is 2.27. The molecule has 18 heavy (non-hydrogen) atoms. The van der Waals surface area contributed by atoms with Gasteiger partial charge in [0.15, 0.2) is 0 Å². The fraction of sp³-hybridized carbons (Fsp3) is 0.571. The molecular formula is C14H20ClFN2. The molecule has 1 aromatic carbocycles. The molecule has 0 spiro atoms. The molecule has 1 aliphatic heterocycles. The summed E-state index contributed by atoms with van der Waals surface area (Å²) >= 11 is 6.06. The Labute approximate surface area is 113 Å². The molecule has 2 rings (SSSR count). The van der Waals surface area contributed by atoms with Crippen molar-refractivity contribution < 1.29 is 4.39 Å². The van der Waals surface area contributed by atoms with Crippen LogP contribution < -0.4 is 5.32 Å². The van der Waals surface area contributed by atoms with Gasteiger partial charge in [-0.25, -0.2) is 4.39 Å². The Hall–Kier alpha value is -0.800. The third kappa shape index (κ3) is 3.36. The summed E-state index contributed by atoms with van der Waals surface area (Å²) in [6, 6.07) is 4.76. The van der Waals surface area contributed by atoms with E-state index in [9.17, 15) is 4.39 Å². The number of anilines is 1. The lowest BCUT2D eigenvalue weighted by molar-refractivity contribution is 0.208. The van der Waals surface area contributed by atoms with Crippen molar-refractivity contribution in [2.45, 2.75) is 25.8 Å². The van der Waals surface area contributed by atoms with Crippen molar-refractivity contribution >= 4 is 17.3 Å². The second kappa shape index (κ2) is 5.89. The highest BCUT2D eigenvalue weighted by atomic mass is 35.5. The van der Waals surface area contributed by atoms with Crippen molar-refractivity contribution in [3.63, 3.8) is 0 Å². The molecule has 0 aliphatic carbocycles. The van der Waals surface area contributed by atoms with Crippen LogP contribution in [-0.2, 0) is 0 Å². The lowest BCUT2D eigenvalue weighted by atomic mass is 9.90. The molecule has 0 aromatic heterocycles. The maximum Gasteiger partial charge on any atom is 0.125 e. The lowest BCUT2D eigenvalue weighted by Gasteiger charge is -2.33. The van der Waals surface area contributed by atoms with E-state index in [1.807, 2.05) is 0 Å². The van der Waals surface area contributed by atoms with Gasteiger partial charge in [0.2, 0.25) is 0 Å². The van der Waals surface area contributed by atoms with E-state index < -0.39 is 0 Å². The third-order valence-corrected chi connectivity index (χ3v) is 4.11. The van der Waals surface area contributed by atoms with Crippen LogP contribution in [0.4, 0.5) is 10.1 Å². The van der Waals surface area contributed by atoms with Gasteiger partial charge in [-0.05, 0) is 64.0 Å². The van der Waals surface area contributed by atoms with Gasteiger partial charge in [-0.3, -0.25) is 0 Å². The van der Waals surface area contributed by atoms with Gasteiger partial charge in [-0.2, -0.15) is 0 Å². The molecule has 1 aliphatic rings. The van der Waals surface area contributed by atoms with Crippen LogP contribution in [0.15, 0.2) is 18.2 Å². The van der Waals surface area contributed by atoms with E-state index in [1.54, 1.807) is 6.07 Å². The number of likely N-dealkylation sites (tertiary alicyclic amines) is 1. The number of piperidine rings is 1. The Morgan fingerprint density at radius 3 is 2.72 bits per heavy atom. The van der Waals surface area contributed by atoms with Gasteiger partial charge in [-0.1, -0.05) is 11.6 Å². The molecule has 2 nitrogen and oxygen atoms in total. The van der Waals surface area contributed by atoms with E-state index in [1.165, 1.54) is 25.0 Å². The first-order valence-electron chi connectivity index (χ1n) is 6.46. The topological polar surface area (TPSA) is 15.3 Å². The van der Waals surface area contributed by atoms with E-state index >= 15 is 0 Å². The van der Waals surface area contributed by atoms with Crippen LogP contribution in [0, 0.1) is 11.7 Å². The summed E-state index contributed by atoms with van der Waals surface area (Å²) < 4.78 is 13.2. The number of hydrogen-bond donors (Lipinski definition) is 1. The van der Waals surface area contributed by atoms with E-state index in [-0.39, 0.29) is 5.82 Å². The molecule has 1 N–H and O–H groups in total. The summed E-state index contributed by atoms with van der Waals surface area (Å²) in [5, 5.41) is 3.92. The van der Waals surface area contributed by atoms with Gasteiger partial charge in [0.1, 0.15) is 5.82 Å². The van der Waals surface area contributed by atoms with Gasteiger partial charge >= 0.3 is 0 Å². The van der Waals surface area contributed by atoms with Crippen LogP contribution in [0.25, 0.3) is 0 Å². The summed E-state index contributed by atoms with van der Waals surface area (Å²) in [5.74, 6) is 0.373. The van der Waals surface area contributed by atoms with E-state index in [4.69, 9.17) is 11.6 Å². The average Bonchev–Trinajstić information content (AvgIpc) is 2.34. The van der Waals surface area contributed by atoms with Crippen molar-refractivity contribution in [1.82, 2.24) is 4.90 Å². The van der Waals surface area contributed by atoms with Gasteiger partial charge < -0.3 is 10.2 Å². The molecule has 0 bridgehead atoms. The molecule has 1 unspecified atom stereocenters. The number of halogens is 2. The van der Waals surface area contributed by atoms with Gasteiger partial charge in [0.25, 0.3) is 0 Å². The third-order valence-electron chi connectivity index (χ3n) is 3.78. The fourth-order valence-corrected chi connectivity index (χ4v) is 2.67. The maximum absolute atomic E-state index is 13.2. The Kier molecular flexibility index (Phi) is 4.46. The van der Waals surface area contributed by atoms with Gasteiger partial charge in [-0.15, -0.1) is 0 Å². The minimum absolute atomic E-state index is 0.252. The summed E-state index contributed by atoms with van der Waals surface area (Å²) in [7, 11) is 2.15. The van der Waals surface area contributed by atoms with Crippen molar-refractivity contribution in [2.24, 2.45) is 5.92 Å². The molecule has 1 heterocycles. The van der Waals surface area contributed by atoms with Crippen LogP contribution in [-0.4, -0.2) is 31.1 Å². The minimum atomic E-state index is -0.252. The number of rotatable bonds is 3. The highest BCUT2D eigenvalue weighted by Gasteiger charge is 2.22. The molecule has 1 aromatic rings. The lowest BCUT2D eigenvalue weighted by Crippen LogP contribution is -2.37. The highest BCUT2D eigenvalue weighted by molar-refractivity contribution is 6.33. The molecule has 1 atom stereocenters. The van der Waals surface area contributed by atoms with Crippen LogP contribution in [0.5, 0.6) is 0 Å². The van der Waals surface area contributed by atoms with E-state index in [0.717, 1.165) is 13.1 Å². The first-order valence-corrected chi connectivity index (χ1v) is 6.84. The predicted octanol–water partition coefficient (Wildman–Crippen LogP) is 3.62. The van der Waals surface area contributed by atoms with E-state index in [2.05, 4.69) is 24.2 Å². The monoisotopic (exact) mass is 270 g/mol. The van der Waals surface area contributed by atoms with Crippen molar-refractivity contribution in [1.29, 1.82) is 0 Å². The summed E-state index contributed by atoms with van der Waals surface area (Å²) in [6.45, 7) is 4.42. The Bertz CT molecular complexity index is 403. The summed E-state index contributed by atoms with van der Waals surface area (Å²) in [5.41, 5.74) is 0.697. The zero-order valence-corrected chi connectivity index (χ0v) is 11.7. The molecule has 1 saturated heterocycles. The second-order valence-electron chi connectivity index (χ2n) is 5.20. The van der Waals surface area contributed by atoms with Crippen molar-refractivity contribution in [3.8, 4) is 0 Å². The van der Waals surface area contributed by atoms with Crippen molar-refractivity contribution in [2.75, 3.05) is 25.5 Å². The number of nitrogens with one attached hydrogen (secondary N) is 1. The summed E-state index contributed by atoms with van der Waals surface area (Å²) in [6.07, 6.45) is 2.36. The quantitative estimate of drug-likeness (QED) is 0.902. The fourth-order valence-electron chi connectivity index (χ4n) is 2.50. The smallest absolute Gasteiger partial charge is 0.125 e. The zero-order chi connectivity index (χ0) is 13.1. The number of benzene rings is 1. The van der Waals surface area contributed by atoms with Crippen LogP contribution in [0.3, 0.4) is 0 Å². The number of nitrogens with zero attached hydrogens (tertiary/aromatic N) is 1. The Morgan fingerprint density at radius 1 is 1.39 bits per heavy atom. The standard InChI is InChI=1S/C14H20ClFN2/c1-10(11-5-7-18(2)8-6-11)17-14-9-12(16)3-4-13(14)15/h3-4,9-11,17H,5-8H2,1-2H3. The molecule has 0 radical (unpaired) electrons. The van der Waals surface area contributed by atoms with Crippen LogP contribution in [0.1, 0.15) is 19.8 Å². The minimum Gasteiger partial charge on any atom is -0.381 e. The molecule has 0 saturated carbocycles. The molecular weight excluding hydrogens is 251 g/mol. The van der Waals surface area contributed by atoms with Gasteiger partial charge in [0.05, 0.1) is 10.7 Å². The maximum atomic E-state index is 13.2. The molecule has 1 fully saturated rings.